The van der Waals surface area contributed by atoms with Crippen LogP contribution in [0.4, 0.5) is 0 Å². The van der Waals surface area contributed by atoms with Gasteiger partial charge in [0.25, 0.3) is 0 Å². The minimum atomic E-state index is -0.209. The summed E-state index contributed by atoms with van der Waals surface area (Å²) in [5.41, 5.74) is 1.89. The molecule has 1 amide bonds. The third kappa shape index (κ3) is 3.62. The lowest BCUT2D eigenvalue weighted by molar-refractivity contribution is -0.129. The van der Waals surface area contributed by atoms with Gasteiger partial charge in [-0.25, -0.2) is 0 Å². The van der Waals surface area contributed by atoms with Crippen LogP contribution >= 0.6 is 0 Å². The quantitative estimate of drug-likeness (QED) is 0.812. The zero-order chi connectivity index (χ0) is 14.4. The number of rotatable bonds is 5. The van der Waals surface area contributed by atoms with Crippen molar-refractivity contribution < 1.29 is 14.3 Å². The number of hydrogen-bond donors (Lipinski definition) is 0. The second kappa shape index (κ2) is 6.64. The molecule has 0 spiro atoms. The van der Waals surface area contributed by atoms with Crippen LogP contribution in [0.15, 0.2) is 12.1 Å². The third-order valence-corrected chi connectivity index (χ3v) is 2.91. The number of aryl methyl sites for hydroxylation is 1. The van der Waals surface area contributed by atoms with Crippen molar-refractivity contribution in [2.45, 2.75) is 19.9 Å². The Balaban J connectivity index is 3.01. The molecule has 1 rings (SSSR count). The van der Waals surface area contributed by atoms with Gasteiger partial charge in [0.05, 0.1) is 20.3 Å². The number of nitrogens with zero attached hydrogens (tertiary/aromatic N) is 2. The highest BCUT2D eigenvalue weighted by Gasteiger charge is 2.15. The van der Waals surface area contributed by atoms with Gasteiger partial charge in [0, 0.05) is 25.2 Å². The fraction of sp³-hybridized carbons (Fsp3) is 0.429. The van der Waals surface area contributed by atoms with Crippen molar-refractivity contribution >= 4 is 5.91 Å². The van der Waals surface area contributed by atoms with Crippen LogP contribution in [0.3, 0.4) is 0 Å². The van der Waals surface area contributed by atoms with Gasteiger partial charge in [-0.15, -0.1) is 0 Å². The van der Waals surface area contributed by atoms with Crippen LogP contribution < -0.4 is 9.47 Å². The lowest BCUT2D eigenvalue weighted by Gasteiger charge is -2.20. The van der Waals surface area contributed by atoms with Crippen molar-refractivity contribution in [1.82, 2.24) is 4.90 Å². The second-order valence-electron chi connectivity index (χ2n) is 4.21. The SMILES string of the molecule is COc1cc(C)c(CN(C)C(=O)CC#N)c(OC)c1. The average molecular weight is 262 g/mol. The molecule has 19 heavy (non-hydrogen) atoms. The van der Waals surface area contributed by atoms with Crippen molar-refractivity contribution in [2.24, 2.45) is 0 Å². The highest BCUT2D eigenvalue weighted by Crippen LogP contribution is 2.29. The van der Waals surface area contributed by atoms with Crippen molar-refractivity contribution in [1.29, 1.82) is 5.26 Å². The van der Waals surface area contributed by atoms with Gasteiger partial charge in [-0.2, -0.15) is 5.26 Å². The first-order chi connectivity index (χ1) is 9.03. The van der Waals surface area contributed by atoms with E-state index in [9.17, 15) is 4.79 Å². The van der Waals surface area contributed by atoms with E-state index in [1.807, 2.05) is 19.1 Å². The highest BCUT2D eigenvalue weighted by atomic mass is 16.5. The molecule has 102 valence electrons. The minimum absolute atomic E-state index is 0.117. The molecular formula is C14H18N2O3. The van der Waals surface area contributed by atoms with Crippen LogP contribution in [0.2, 0.25) is 0 Å². The molecule has 0 radical (unpaired) electrons. The Kier molecular flexibility index (Phi) is 5.19. The van der Waals surface area contributed by atoms with E-state index in [1.54, 1.807) is 27.3 Å². The van der Waals surface area contributed by atoms with Gasteiger partial charge in [0.2, 0.25) is 5.91 Å². The highest BCUT2D eigenvalue weighted by molar-refractivity contribution is 5.78. The minimum Gasteiger partial charge on any atom is -0.497 e. The number of methoxy groups -OCH3 is 2. The smallest absolute Gasteiger partial charge is 0.236 e. The summed E-state index contributed by atoms with van der Waals surface area (Å²) in [6.07, 6.45) is -0.117. The van der Waals surface area contributed by atoms with Gasteiger partial charge in [0.15, 0.2) is 0 Å². The molecule has 0 heterocycles. The summed E-state index contributed by atoms with van der Waals surface area (Å²) in [7, 11) is 4.84. The summed E-state index contributed by atoms with van der Waals surface area (Å²) in [5.74, 6) is 1.18. The van der Waals surface area contributed by atoms with Crippen LogP contribution in [0, 0.1) is 18.3 Å². The van der Waals surface area contributed by atoms with Gasteiger partial charge < -0.3 is 14.4 Å². The van der Waals surface area contributed by atoms with E-state index in [2.05, 4.69) is 0 Å². The van der Waals surface area contributed by atoms with Crippen molar-refractivity contribution in [3.8, 4) is 17.6 Å². The topological polar surface area (TPSA) is 62.6 Å². The molecule has 0 fully saturated rings. The molecule has 0 atom stereocenters. The summed E-state index contributed by atoms with van der Waals surface area (Å²) in [6, 6.07) is 5.53. The Morgan fingerprint density at radius 1 is 1.37 bits per heavy atom. The fourth-order valence-electron chi connectivity index (χ4n) is 1.78. The monoisotopic (exact) mass is 262 g/mol. The predicted molar refractivity (Wildman–Crippen MR) is 71.0 cm³/mol. The fourth-order valence-corrected chi connectivity index (χ4v) is 1.78. The Bertz CT molecular complexity index is 506. The first-order valence-corrected chi connectivity index (χ1v) is 5.85. The Hall–Kier alpha value is -2.22. The summed E-state index contributed by atoms with van der Waals surface area (Å²) in [5, 5.41) is 8.54. The number of carbonyl (C=O) groups excluding carboxylic acids is 1. The maximum absolute atomic E-state index is 11.6. The van der Waals surface area contributed by atoms with Crippen LogP contribution in [0.25, 0.3) is 0 Å². The normalized spacial score (nSPS) is 9.63. The Morgan fingerprint density at radius 2 is 2.05 bits per heavy atom. The van der Waals surface area contributed by atoms with Gasteiger partial charge in [-0.3, -0.25) is 4.79 Å². The lowest BCUT2D eigenvalue weighted by atomic mass is 10.1. The summed E-state index contributed by atoms with van der Waals surface area (Å²) in [4.78, 5) is 13.1. The van der Waals surface area contributed by atoms with Crippen LogP contribution in [-0.2, 0) is 11.3 Å². The molecular weight excluding hydrogens is 244 g/mol. The number of hydrogen-bond acceptors (Lipinski definition) is 4. The molecule has 0 aliphatic rings. The first-order valence-electron chi connectivity index (χ1n) is 5.85. The summed E-state index contributed by atoms with van der Waals surface area (Å²) >= 11 is 0. The molecule has 1 aromatic carbocycles. The van der Waals surface area contributed by atoms with Crippen LogP contribution in [-0.4, -0.2) is 32.1 Å². The lowest BCUT2D eigenvalue weighted by Crippen LogP contribution is -2.26. The Morgan fingerprint density at radius 3 is 2.58 bits per heavy atom. The van der Waals surface area contributed by atoms with Crippen LogP contribution in [0.5, 0.6) is 11.5 Å². The van der Waals surface area contributed by atoms with Gasteiger partial charge in [0.1, 0.15) is 17.9 Å². The standard InChI is InChI=1S/C14H18N2O3/c1-10-7-11(18-3)8-13(19-4)12(10)9-16(2)14(17)5-6-15/h7-8H,5,9H2,1-4H3. The van der Waals surface area contributed by atoms with E-state index in [1.165, 1.54) is 4.90 Å². The van der Waals surface area contributed by atoms with Gasteiger partial charge >= 0.3 is 0 Å². The molecule has 5 heteroatoms. The predicted octanol–water partition coefficient (Wildman–Crippen LogP) is 1.88. The molecule has 0 bridgehead atoms. The summed E-state index contributed by atoms with van der Waals surface area (Å²) in [6.45, 7) is 2.34. The second-order valence-corrected chi connectivity index (χ2v) is 4.21. The molecule has 5 nitrogen and oxygen atoms in total. The Labute approximate surface area is 113 Å². The first kappa shape index (κ1) is 14.8. The number of amides is 1. The summed E-state index contributed by atoms with van der Waals surface area (Å²) < 4.78 is 10.5. The zero-order valence-corrected chi connectivity index (χ0v) is 11.7. The largest absolute Gasteiger partial charge is 0.497 e. The van der Waals surface area contributed by atoms with E-state index < -0.39 is 0 Å². The molecule has 0 aliphatic carbocycles. The molecule has 1 aromatic rings. The maximum Gasteiger partial charge on any atom is 0.236 e. The van der Waals surface area contributed by atoms with Crippen molar-refractivity contribution in [3.63, 3.8) is 0 Å². The van der Waals surface area contributed by atoms with Crippen molar-refractivity contribution in [3.05, 3.63) is 23.3 Å². The molecule has 0 saturated carbocycles. The molecule has 0 aliphatic heterocycles. The number of ether oxygens (including phenoxy) is 2. The number of carbonyl (C=O) groups is 1. The molecule has 0 aromatic heterocycles. The zero-order valence-electron chi connectivity index (χ0n) is 11.7. The number of benzene rings is 1. The van der Waals surface area contributed by atoms with Gasteiger partial charge in [-0.1, -0.05) is 0 Å². The molecule has 0 unspecified atom stereocenters. The van der Waals surface area contributed by atoms with Crippen molar-refractivity contribution in [2.75, 3.05) is 21.3 Å². The third-order valence-electron chi connectivity index (χ3n) is 2.91. The van der Waals surface area contributed by atoms with Gasteiger partial charge in [-0.05, 0) is 18.6 Å². The van der Waals surface area contributed by atoms with E-state index in [0.717, 1.165) is 11.1 Å². The number of nitriles is 1. The van der Waals surface area contributed by atoms with E-state index in [-0.39, 0.29) is 12.3 Å². The maximum atomic E-state index is 11.6. The average Bonchev–Trinajstić information content (AvgIpc) is 2.40. The van der Waals surface area contributed by atoms with E-state index in [0.29, 0.717) is 18.0 Å². The molecule has 0 saturated heterocycles. The molecule has 0 N–H and O–H groups in total. The van der Waals surface area contributed by atoms with E-state index >= 15 is 0 Å². The van der Waals surface area contributed by atoms with E-state index in [4.69, 9.17) is 14.7 Å². The van der Waals surface area contributed by atoms with Crippen LogP contribution in [0.1, 0.15) is 17.5 Å².